The van der Waals surface area contributed by atoms with Crippen molar-refractivity contribution in [2.45, 2.75) is 19.8 Å². The molecule has 3 rings (SSSR count). The van der Waals surface area contributed by atoms with Gasteiger partial charge in [0.25, 0.3) is 0 Å². The van der Waals surface area contributed by atoms with E-state index in [2.05, 4.69) is 11.3 Å². The third-order valence-electron chi connectivity index (χ3n) is 2.90. The number of rotatable bonds is 1. The summed E-state index contributed by atoms with van der Waals surface area (Å²) >= 11 is 0. The van der Waals surface area contributed by atoms with E-state index in [-0.39, 0.29) is 17.9 Å². The molecular formula is C17H20O6. The Kier molecular flexibility index (Phi) is 7.53. The van der Waals surface area contributed by atoms with E-state index >= 15 is 0 Å². The molecule has 124 valence electrons. The van der Waals surface area contributed by atoms with Gasteiger partial charge in [-0.05, 0) is 44.0 Å². The van der Waals surface area contributed by atoms with Crippen molar-refractivity contribution >= 4 is 17.9 Å². The van der Waals surface area contributed by atoms with Crippen LogP contribution in [0.3, 0.4) is 0 Å². The first-order valence-corrected chi connectivity index (χ1v) is 7.14. The van der Waals surface area contributed by atoms with Crippen molar-refractivity contribution in [3.05, 3.63) is 47.5 Å². The smallest absolute Gasteiger partial charge is 0.338 e. The first-order chi connectivity index (χ1) is 11.0. The number of esters is 3. The molecule has 1 aromatic rings. The average Bonchev–Trinajstić information content (AvgIpc) is 2.56. The number of hydrogen-bond acceptors (Lipinski definition) is 6. The molecule has 0 aliphatic carbocycles. The second kappa shape index (κ2) is 9.40. The molecule has 0 spiro atoms. The molecule has 0 amide bonds. The third kappa shape index (κ3) is 6.34. The van der Waals surface area contributed by atoms with Gasteiger partial charge in [-0.2, -0.15) is 0 Å². The zero-order chi connectivity index (χ0) is 17.2. The molecule has 6 nitrogen and oxygen atoms in total. The van der Waals surface area contributed by atoms with Crippen molar-refractivity contribution in [2.24, 2.45) is 0 Å². The lowest BCUT2D eigenvalue weighted by molar-refractivity contribution is -0.136. The van der Waals surface area contributed by atoms with Gasteiger partial charge >= 0.3 is 17.9 Å². The molecule has 0 fully saturated rings. The molecule has 6 heteroatoms. The summed E-state index contributed by atoms with van der Waals surface area (Å²) in [4.78, 5) is 33.2. The van der Waals surface area contributed by atoms with Crippen LogP contribution in [-0.4, -0.2) is 38.2 Å². The van der Waals surface area contributed by atoms with Crippen LogP contribution >= 0.6 is 0 Å². The van der Waals surface area contributed by atoms with Crippen molar-refractivity contribution in [2.75, 3.05) is 20.3 Å². The number of hydrogen-bond donors (Lipinski definition) is 0. The Balaban J connectivity index is 0.000000322. The van der Waals surface area contributed by atoms with E-state index in [0.29, 0.717) is 42.8 Å². The van der Waals surface area contributed by atoms with E-state index in [0.717, 1.165) is 0 Å². The number of carbonyl (C=O) groups is 3. The second-order valence-electron chi connectivity index (χ2n) is 4.83. The summed E-state index contributed by atoms with van der Waals surface area (Å²) in [7, 11) is 1.33. The minimum atomic E-state index is -0.347. The predicted octanol–water partition coefficient (Wildman–Crippen LogP) is 2.53. The molecule has 2 aliphatic heterocycles. The summed E-state index contributed by atoms with van der Waals surface area (Å²) in [6.45, 7) is 5.67. The number of fused-ring (bicyclic) bond motifs is 9. The van der Waals surface area contributed by atoms with Crippen LogP contribution in [0.15, 0.2) is 36.4 Å². The van der Waals surface area contributed by atoms with Crippen molar-refractivity contribution in [3.8, 4) is 0 Å². The van der Waals surface area contributed by atoms with Crippen LogP contribution in [0.4, 0.5) is 0 Å². The molecule has 23 heavy (non-hydrogen) atoms. The number of benzene rings is 1. The molecular weight excluding hydrogens is 300 g/mol. The highest BCUT2D eigenvalue weighted by atomic mass is 16.5. The maximum atomic E-state index is 11.5. The molecule has 2 aliphatic rings. The summed E-state index contributed by atoms with van der Waals surface area (Å²) in [6, 6.07) is 6.28. The fourth-order valence-electron chi connectivity index (χ4n) is 1.62. The Morgan fingerprint density at radius 2 is 1.39 bits per heavy atom. The van der Waals surface area contributed by atoms with E-state index in [1.807, 2.05) is 0 Å². The quantitative estimate of drug-likeness (QED) is 0.449. The SMILES string of the molecule is C=C(C)C(=O)OC.O=C1OCCCCOC(=O)c2ccc1cc2. The first kappa shape index (κ1) is 18.4. The normalized spacial score (nSPS) is 14.2. The van der Waals surface area contributed by atoms with Crippen molar-refractivity contribution in [1.29, 1.82) is 0 Å². The summed E-state index contributed by atoms with van der Waals surface area (Å²) < 4.78 is 14.4. The molecule has 0 aromatic heterocycles. The highest BCUT2D eigenvalue weighted by Gasteiger charge is 2.12. The molecule has 1 aromatic carbocycles. The molecule has 0 saturated heterocycles. The minimum absolute atomic E-state index is 0.347. The van der Waals surface area contributed by atoms with E-state index in [9.17, 15) is 14.4 Å². The highest BCUT2D eigenvalue weighted by molar-refractivity contribution is 5.93. The molecule has 0 atom stereocenters. The largest absolute Gasteiger partial charge is 0.466 e. The van der Waals surface area contributed by atoms with Crippen LogP contribution in [0.2, 0.25) is 0 Å². The van der Waals surface area contributed by atoms with Crippen LogP contribution < -0.4 is 0 Å². The van der Waals surface area contributed by atoms with E-state index < -0.39 is 0 Å². The predicted molar refractivity (Wildman–Crippen MR) is 83.1 cm³/mol. The summed E-state index contributed by atoms with van der Waals surface area (Å²) in [5.41, 5.74) is 1.34. The summed E-state index contributed by atoms with van der Waals surface area (Å²) in [6.07, 6.45) is 1.41. The van der Waals surface area contributed by atoms with Crippen LogP contribution in [0.1, 0.15) is 40.5 Å². The van der Waals surface area contributed by atoms with E-state index in [1.165, 1.54) is 7.11 Å². The Morgan fingerprint density at radius 1 is 1.00 bits per heavy atom. The molecule has 2 bridgehead atoms. The number of ether oxygens (including phenoxy) is 3. The van der Waals surface area contributed by atoms with E-state index in [4.69, 9.17) is 9.47 Å². The van der Waals surface area contributed by atoms with Gasteiger partial charge in [-0.1, -0.05) is 6.58 Å². The highest BCUT2D eigenvalue weighted by Crippen LogP contribution is 2.09. The lowest BCUT2D eigenvalue weighted by Gasteiger charge is -2.09. The van der Waals surface area contributed by atoms with E-state index in [1.54, 1.807) is 31.2 Å². The Hall–Kier alpha value is -2.63. The van der Waals surface area contributed by atoms with Gasteiger partial charge < -0.3 is 14.2 Å². The van der Waals surface area contributed by atoms with Gasteiger partial charge in [-0.25, -0.2) is 14.4 Å². The Bertz CT molecular complexity index is 534. The Morgan fingerprint density at radius 3 is 1.65 bits per heavy atom. The average molecular weight is 320 g/mol. The lowest BCUT2D eigenvalue weighted by atomic mass is 10.1. The monoisotopic (exact) mass is 320 g/mol. The summed E-state index contributed by atoms with van der Waals surface area (Å²) in [5.74, 6) is -1.04. The van der Waals surface area contributed by atoms with Crippen molar-refractivity contribution < 1.29 is 28.6 Å². The maximum absolute atomic E-state index is 11.5. The number of methoxy groups -OCH3 is 1. The Labute approximate surface area is 135 Å². The van der Waals surface area contributed by atoms with Crippen molar-refractivity contribution in [3.63, 3.8) is 0 Å². The molecule has 0 N–H and O–H groups in total. The lowest BCUT2D eigenvalue weighted by Crippen LogP contribution is -2.12. The molecule has 2 heterocycles. The van der Waals surface area contributed by atoms with Crippen LogP contribution in [0.5, 0.6) is 0 Å². The molecule has 0 saturated carbocycles. The fraction of sp³-hybridized carbons (Fsp3) is 0.353. The zero-order valence-electron chi connectivity index (χ0n) is 13.3. The van der Waals surface area contributed by atoms with Crippen molar-refractivity contribution in [1.82, 2.24) is 0 Å². The topological polar surface area (TPSA) is 78.9 Å². The van der Waals surface area contributed by atoms with Gasteiger partial charge in [0, 0.05) is 5.57 Å². The standard InChI is InChI=1S/C12H12O4.C5H8O2/c13-11-9-3-5-10(6-4-9)12(14)16-8-2-1-7-15-11;1-4(2)5(6)7-3/h3-6H,1-2,7-8H2;1H2,2-3H3. The van der Waals surface area contributed by atoms with Gasteiger partial charge in [0.2, 0.25) is 0 Å². The maximum Gasteiger partial charge on any atom is 0.338 e. The number of carbonyl (C=O) groups excluding carboxylic acids is 3. The van der Waals surface area contributed by atoms with Crippen LogP contribution in [-0.2, 0) is 19.0 Å². The fourth-order valence-corrected chi connectivity index (χ4v) is 1.62. The first-order valence-electron chi connectivity index (χ1n) is 7.14. The van der Waals surface area contributed by atoms with Crippen LogP contribution in [0.25, 0.3) is 0 Å². The van der Waals surface area contributed by atoms with Gasteiger partial charge in [0.05, 0.1) is 31.5 Å². The second-order valence-corrected chi connectivity index (χ2v) is 4.83. The summed E-state index contributed by atoms with van der Waals surface area (Å²) in [5, 5.41) is 0. The van der Waals surface area contributed by atoms with Gasteiger partial charge in [0.1, 0.15) is 0 Å². The van der Waals surface area contributed by atoms with Gasteiger partial charge in [-0.3, -0.25) is 0 Å². The van der Waals surface area contributed by atoms with Crippen LogP contribution in [0, 0.1) is 0 Å². The minimum Gasteiger partial charge on any atom is -0.466 e. The van der Waals surface area contributed by atoms with Gasteiger partial charge in [0.15, 0.2) is 0 Å². The van der Waals surface area contributed by atoms with Gasteiger partial charge in [-0.15, -0.1) is 0 Å². The molecule has 0 radical (unpaired) electrons. The third-order valence-corrected chi connectivity index (χ3v) is 2.90. The molecule has 0 unspecified atom stereocenters. The zero-order valence-corrected chi connectivity index (χ0v) is 13.3.